The van der Waals surface area contributed by atoms with Crippen LogP contribution in [-0.2, 0) is 0 Å². The molecule has 6 heteroatoms. The fourth-order valence-electron chi connectivity index (χ4n) is 0.833. The molecule has 0 aliphatic carbocycles. The first kappa shape index (κ1) is 8.87. The van der Waals surface area contributed by atoms with E-state index in [1.165, 1.54) is 11.3 Å². The van der Waals surface area contributed by atoms with Gasteiger partial charge in [0.1, 0.15) is 9.43 Å². The van der Waals surface area contributed by atoms with Gasteiger partial charge in [0.15, 0.2) is 0 Å². The van der Waals surface area contributed by atoms with Gasteiger partial charge in [-0.05, 0) is 49.5 Å². The third-order valence-corrected chi connectivity index (χ3v) is 3.59. The second-order valence-corrected chi connectivity index (χ2v) is 5.55. The van der Waals surface area contributed by atoms with Crippen LogP contribution in [0.2, 0.25) is 5.28 Å². The lowest BCUT2D eigenvalue weighted by atomic mass is 10.4. The minimum absolute atomic E-state index is 0.267. The zero-order valence-electron chi connectivity index (χ0n) is 5.51. The van der Waals surface area contributed by atoms with Crippen LogP contribution < -0.4 is 0 Å². The van der Waals surface area contributed by atoms with Gasteiger partial charge in [-0.3, -0.25) is 0 Å². The Morgan fingerprint density at radius 1 is 1.33 bits per heavy atom. The Morgan fingerprint density at radius 2 is 2.08 bits per heavy atom. The highest BCUT2D eigenvalue weighted by Crippen LogP contribution is 2.32. The molecule has 2 aromatic rings. The highest BCUT2D eigenvalue weighted by molar-refractivity contribution is 9.11. The summed E-state index contributed by atoms with van der Waals surface area (Å²) >= 11 is 13.9. The molecule has 0 aromatic carbocycles. The van der Waals surface area contributed by atoms with Crippen molar-refractivity contribution in [2.24, 2.45) is 0 Å². The van der Waals surface area contributed by atoms with Crippen LogP contribution in [0.5, 0.6) is 0 Å². The van der Waals surface area contributed by atoms with E-state index in [2.05, 4.69) is 41.8 Å². The fraction of sp³-hybridized carbons (Fsp3) is 0. The van der Waals surface area contributed by atoms with Gasteiger partial charge in [-0.15, -0.1) is 11.3 Å². The number of halogens is 3. The lowest BCUT2D eigenvalue weighted by Gasteiger charge is -1.92. The molecule has 2 rings (SSSR count). The predicted octanol–water partition coefficient (Wildman–Crippen LogP) is 3.87. The van der Waals surface area contributed by atoms with Crippen molar-refractivity contribution in [3.63, 3.8) is 0 Å². The van der Waals surface area contributed by atoms with Crippen LogP contribution in [0, 0.1) is 0 Å². The highest BCUT2D eigenvalue weighted by Gasteiger charge is 2.07. The van der Waals surface area contributed by atoms with Crippen molar-refractivity contribution in [2.45, 2.75) is 0 Å². The largest absolute Gasteiger partial charge is 0.224 e. The second-order valence-electron chi connectivity index (χ2n) is 2.05. The lowest BCUT2D eigenvalue weighted by Crippen LogP contribution is -1.81. The maximum atomic E-state index is 5.67. The van der Waals surface area contributed by atoms with E-state index < -0.39 is 0 Å². The minimum Gasteiger partial charge on any atom is -0.210 e. The minimum atomic E-state index is 0.267. The molecule has 0 saturated carbocycles. The van der Waals surface area contributed by atoms with E-state index in [4.69, 9.17) is 11.6 Å². The van der Waals surface area contributed by atoms with Gasteiger partial charge >= 0.3 is 0 Å². The Balaban J connectivity index is 2.88. The Morgan fingerprint density at radius 3 is 2.83 bits per heavy atom. The zero-order valence-corrected chi connectivity index (χ0v) is 10.3. The zero-order chi connectivity index (χ0) is 8.72. The van der Waals surface area contributed by atoms with Crippen molar-refractivity contribution in [1.82, 2.24) is 9.97 Å². The van der Waals surface area contributed by atoms with E-state index >= 15 is 0 Å². The quantitative estimate of drug-likeness (QED) is 0.542. The van der Waals surface area contributed by atoms with Gasteiger partial charge in [0.25, 0.3) is 0 Å². The molecule has 2 aromatic heterocycles. The molecule has 0 bridgehead atoms. The number of hydrogen-bond donors (Lipinski definition) is 0. The maximum absolute atomic E-state index is 5.67. The molecule has 0 radical (unpaired) electrons. The summed E-state index contributed by atoms with van der Waals surface area (Å²) in [5.41, 5.74) is 0. The Labute approximate surface area is 94.2 Å². The molecule has 2 nitrogen and oxygen atoms in total. The van der Waals surface area contributed by atoms with Crippen LogP contribution in [0.3, 0.4) is 0 Å². The van der Waals surface area contributed by atoms with Gasteiger partial charge in [-0.25, -0.2) is 9.97 Å². The molecule has 0 unspecified atom stereocenters. The number of rotatable bonds is 0. The molecule has 0 amide bonds. The summed E-state index contributed by atoms with van der Waals surface area (Å²) in [6.45, 7) is 0. The van der Waals surface area contributed by atoms with Crippen molar-refractivity contribution in [3.05, 3.63) is 19.7 Å². The van der Waals surface area contributed by atoms with Crippen LogP contribution in [0.25, 0.3) is 10.2 Å². The second kappa shape index (κ2) is 3.21. The monoisotopic (exact) mass is 326 g/mol. The number of aromatic nitrogens is 2. The van der Waals surface area contributed by atoms with Gasteiger partial charge in [-0.2, -0.15) is 0 Å². The van der Waals surface area contributed by atoms with E-state index in [1.807, 2.05) is 6.07 Å². The third kappa shape index (κ3) is 1.51. The smallest absolute Gasteiger partial charge is 0.210 e. The van der Waals surface area contributed by atoms with E-state index in [-0.39, 0.29) is 5.28 Å². The van der Waals surface area contributed by atoms with Crippen molar-refractivity contribution >= 4 is 65.0 Å². The number of nitrogens with zero attached hydrogens (tertiary/aromatic N) is 2. The molecule has 0 atom stereocenters. The average Bonchev–Trinajstić information content (AvgIpc) is 2.29. The van der Waals surface area contributed by atoms with Gasteiger partial charge in [0.2, 0.25) is 5.28 Å². The van der Waals surface area contributed by atoms with Gasteiger partial charge < -0.3 is 0 Å². The summed E-state index contributed by atoms with van der Waals surface area (Å²) in [5.74, 6) is 0. The van der Waals surface area contributed by atoms with E-state index in [0.717, 1.165) is 18.6 Å². The van der Waals surface area contributed by atoms with Crippen LogP contribution in [0.15, 0.2) is 14.5 Å². The summed E-state index contributed by atoms with van der Waals surface area (Å²) in [4.78, 5) is 8.93. The molecule has 0 saturated heterocycles. The van der Waals surface area contributed by atoms with Crippen LogP contribution in [0.4, 0.5) is 0 Å². The molecular formula is C6HBr2ClN2S. The molecule has 0 fully saturated rings. The topological polar surface area (TPSA) is 25.8 Å². The van der Waals surface area contributed by atoms with Crippen molar-refractivity contribution in [1.29, 1.82) is 0 Å². The number of fused-ring (bicyclic) bond motifs is 1. The fourth-order valence-corrected chi connectivity index (χ4v) is 3.20. The maximum Gasteiger partial charge on any atom is 0.224 e. The first-order chi connectivity index (χ1) is 5.66. The molecule has 62 valence electrons. The molecular weight excluding hydrogens is 327 g/mol. The van der Waals surface area contributed by atoms with Crippen molar-refractivity contribution < 1.29 is 0 Å². The first-order valence-electron chi connectivity index (χ1n) is 2.95. The molecule has 0 aliphatic heterocycles. The number of thiophene rings is 1. The first-order valence-corrected chi connectivity index (χ1v) is 5.73. The standard InChI is InChI=1S/C6HBr2ClN2S/c7-3-1-2-4(8)10-6(9)11-5(2)12-3/h1H. The molecule has 12 heavy (non-hydrogen) atoms. The van der Waals surface area contributed by atoms with Crippen LogP contribution in [0.1, 0.15) is 0 Å². The molecule has 2 heterocycles. The van der Waals surface area contributed by atoms with Gasteiger partial charge in [0, 0.05) is 5.39 Å². The van der Waals surface area contributed by atoms with Crippen LogP contribution >= 0.6 is 54.8 Å². The number of hydrogen-bond acceptors (Lipinski definition) is 3. The Hall–Kier alpha value is 0.290. The normalized spacial score (nSPS) is 10.9. The third-order valence-electron chi connectivity index (χ3n) is 1.29. The highest BCUT2D eigenvalue weighted by atomic mass is 79.9. The summed E-state index contributed by atoms with van der Waals surface area (Å²) in [5, 5.41) is 1.25. The van der Waals surface area contributed by atoms with Gasteiger partial charge in [0.05, 0.1) is 3.79 Å². The summed E-state index contributed by atoms with van der Waals surface area (Å²) in [6.07, 6.45) is 0. The van der Waals surface area contributed by atoms with E-state index in [0.29, 0.717) is 0 Å². The summed E-state index contributed by atoms with van der Waals surface area (Å²) in [7, 11) is 0. The average molecular weight is 328 g/mol. The van der Waals surface area contributed by atoms with E-state index in [1.54, 1.807) is 0 Å². The van der Waals surface area contributed by atoms with Crippen molar-refractivity contribution in [2.75, 3.05) is 0 Å². The predicted molar refractivity (Wildman–Crippen MR) is 57.8 cm³/mol. The summed E-state index contributed by atoms with van der Waals surface area (Å²) < 4.78 is 1.76. The van der Waals surface area contributed by atoms with Gasteiger partial charge in [-0.1, -0.05) is 0 Å². The Bertz CT molecular complexity index is 442. The van der Waals surface area contributed by atoms with E-state index in [9.17, 15) is 0 Å². The molecule has 0 aliphatic rings. The SMILES string of the molecule is Clc1nc(Br)c2cc(Br)sc2n1. The lowest BCUT2D eigenvalue weighted by molar-refractivity contribution is 1.20. The molecule has 0 N–H and O–H groups in total. The Kier molecular flexibility index (Phi) is 2.37. The van der Waals surface area contributed by atoms with Crippen molar-refractivity contribution in [3.8, 4) is 0 Å². The van der Waals surface area contributed by atoms with Crippen LogP contribution in [-0.4, -0.2) is 9.97 Å². The summed E-state index contributed by atoms with van der Waals surface area (Å²) in [6, 6.07) is 1.96. The molecule has 0 spiro atoms.